The number of thioether (sulfide) groups is 1. The Morgan fingerprint density at radius 3 is 2.47 bits per heavy atom. The molecule has 0 spiro atoms. The zero-order valence-electron chi connectivity index (χ0n) is 18.3. The van der Waals surface area contributed by atoms with Gasteiger partial charge < -0.3 is 9.26 Å². The second-order valence-corrected chi connectivity index (χ2v) is 8.76. The van der Waals surface area contributed by atoms with Crippen LogP contribution in [0, 0.1) is 5.82 Å². The summed E-state index contributed by atoms with van der Waals surface area (Å²) in [6, 6.07) is 14.1. The molecule has 32 heavy (non-hydrogen) atoms. The van der Waals surface area contributed by atoms with Crippen LogP contribution in [0.15, 0.2) is 58.2 Å². The van der Waals surface area contributed by atoms with Crippen molar-refractivity contribution in [3.63, 3.8) is 0 Å². The number of hydrogen-bond donors (Lipinski definition) is 0. The van der Waals surface area contributed by atoms with Gasteiger partial charge in [0, 0.05) is 11.5 Å². The summed E-state index contributed by atoms with van der Waals surface area (Å²) in [5.74, 6) is 2.23. The monoisotopic (exact) mass is 453 g/mol. The summed E-state index contributed by atoms with van der Waals surface area (Å²) in [5, 5.41) is 13.1. The van der Waals surface area contributed by atoms with Gasteiger partial charge in [0.2, 0.25) is 5.89 Å². The number of halogens is 1. The smallest absolute Gasteiger partial charge is 0.239 e. The van der Waals surface area contributed by atoms with Crippen molar-refractivity contribution in [3.05, 3.63) is 66.1 Å². The largest absolute Gasteiger partial charge is 0.494 e. The van der Waals surface area contributed by atoms with Crippen LogP contribution in [0.25, 0.3) is 17.1 Å². The minimum absolute atomic E-state index is 0.165. The highest BCUT2D eigenvalue weighted by molar-refractivity contribution is 7.99. The average molecular weight is 454 g/mol. The van der Waals surface area contributed by atoms with Crippen LogP contribution in [0.5, 0.6) is 5.75 Å². The molecular weight excluding hydrogens is 429 g/mol. The highest BCUT2D eigenvalue weighted by Crippen LogP contribution is 2.37. The summed E-state index contributed by atoms with van der Waals surface area (Å²) in [4.78, 5) is 4.47. The first kappa shape index (κ1) is 22.0. The van der Waals surface area contributed by atoms with E-state index in [0.717, 1.165) is 11.3 Å². The Labute approximate surface area is 190 Å². The second kappa shape index (κ2) is 9.52. The molecule has 0 fully saturated rings. The summed E-state index contributed by atoms with van der Waals surface area (Å²) >= 11 is 1.38. The van der Waals surface area contributed by atoms with Gasteiger partial charge in [0.05, 0.1) is 17.5 Å². The first-order valence-corrected chi connectivity index (χ1v) is 11.3. The Morgan fingerprint density at radius 1 is 1.06 bits per heavy atom. The van der Waals surface area contributed by atoms with Crippen LogP contribution in [0.4, 0.5) is 4.39 Å². The first-order valence-electron chi connectivity index (χ1n) is 10.4. The summed E-state index contributed by atoms with van der Waals surface area (Å²) in [6.07, 6.45) is 0. The molecule has 2 aromatic heterocycles. The summed E-state index contributed by atoms with van der Waals surface area (Å²) in [6.45, 7) is 8.46. The number of benzene rings is 2. The Balaban J connectivity index is 1.73. The molecule has 1 atom stereocenters. The molecule has 166 valence electrons. The fraction of sp³-hybridized carbons (Fsp3) is 0.304. The predicted octanol–water partition coefficient (Wildman–Crippen LogP) is 5.83. The van der Waals surface area contributed by atoms with Gasteiger partial charge in [0.15, 0.2) is 16.8 Å². The summed E-state index contributed by atoms with van der Waals surface area (Å²) < 4.78 is 27.5. The molecule has 0 saturated heterocycles. The fourth-order valence-corrected chi connectivity index (χ4v) is 4.00. The molecule has 2 heterocycles. The quantitative estimate of drug-likeness (QED) is 0.310. The summed E-state index contributed by atoms with van der Waals surface area (Å²) in [5.41, 5.74) is 1.16. The lowest BCUT2D eigenvalue weighted by atomic mass is 10.2. The Bertz CT molecular complexity index is 1190. The summed E-state index contributed by atoms with van der Waals surface area (Å²) in [7, 11) is 0. The number of nitrogens with zero attached hydrogens (tertiary/aromatic N) is 5. The van der Waals surface area contributed by atoms with Gasteiger partial charge in [-0.2, -0.15) is 4.98 Å². The van der Waals surface area contributed by atoms with Crippen LogP contribution >= 0.6 is 11.8 Å². The highest BCUT2D eigenvalue weighted by atomic mass is 32.2. The second-order valence-electron chi connectivity index (χ2n) is 7.46. The standard InChI is InChI=1S/C23H24FN5O2S/c1-5-30-17-12-10-16(11-13-17)21-26-27-23(29(21)19-9-7-6-8-18(19)24)32-15(4)22-25-20(14(2)3)28-31-22/h6-15H,5H2,1-4H3. The van der Waals surface area contributed by atoms with Gasteiger partial charge in [-0.05, 0) is 50.2 Å². The molecule has 9 heteroatoms. The van der Waals surface area contributed by atoms with Gasteiger partial charge in [-0.3, -0.25) is 4.57 Å². The van der Waals surface area contributed by atoms with Gasteiger partial charge in [0.25, 0.3) is 0 Å². The van der Waals surface area contributed by atoms with Crippen LogP contribution < -0.4 is 4.74 Å². The van der Waals surface area contributed by atoms with E-state index in [1.165, 1.54) is 17.8 Å². The van der Waals surface area contributed by atoms with E-state index < -0.39 is 0 Å². The molecule has 7 nitrogen and oxygen atoms in total. The number of ether oxygens (including phenoxy) is 1. The lowest BCUT2D eigenvalue weighted by Crippen LogP contribution is -2.03. The minimum atomic E-state index is -0.367. The van der Waals surface area contributed by atoms with Gasteiger partial charge in [0.1, 0.15) is 11.6 Å². The molecule has 0 N–H and O–H groups in total. The van der Waals surface area contributed by atoms with E-state index in [1.54, 1.807) is 22.8 Å². The van der Waals surface area contributed by atoms with Crippen molar-refractivity contribution in [3.8, 4) is 22.8 Å². The molecule has 1 unspecified atom stereocenters. The topological polar surface area (TPSA) is 78.9 Å². The van der Waals surface area contributed by atoms with E-state index in [1.807, 2.05) is 52.0 Å². The minimum Gasteiger partial charge on any atom is -0.494 e. The molecule has 0 saturated carbocycles. The molecule has 4 rings (SSSR count). The van der Waals surface area contributed by atoms with Crippen molar-refractivity contribution in [2.24, 2.45) is 0 Å². The molecule has 4 aromatic rings. The van der Waals surface area contributed by atoms with E-state index in [9.17, 15) is 4.39 Å². The maximum atomic E-state index is 14.8. The number of aromatic nitrogens is 5. The third-order valence-electron chi connectivity index (χ3n) is 4.75. The molecule has 0 bridgehead atoms. The third-order valence-corrected chi connectivity index (χ3v) is 5.78. The zero-order chi connectivity index (χ0) is 22.7. The zero-order valence-corrected chi connectivity index (χ0v) is 19.1. The van der Waals surface area contributed by atoms with Crippen molar-refractivity contribution in [1.29, 1.82) is 0 Å². The maximum absolute atomic E-state index is 14.8. The molecule has 2 aromatic carbocycles. The SMILES string of the molecule is CCOc1ccc(-c2nnc(SC(C)c3nc(C(C)C)no3)n2-c2ccccc2F)cc1. The lowest BCUT2D eigenvalue weighted by Gasteiger charge is -2.13. The third kappa shape index (κ3) is 4.52. The van der Waals surface area contributed by atoms with Crippen molar-refractivity contribution >= 4 is 11.8 Å². The van der Waals surface area contributed by atoms with Gasteiger partial charge in [-0.15, -0.1) is 10.2 Å². The van der Waals surface area contributed by atoms with Crippen LogP contribution in [0.2, 0.25) is 0 Å². The normalized spacial score (nSPS) is 12.3. The van der Waals surface area contributed by atoms with Crippen molar-refractivity contribution in [1.82, 2.24) is 24.9 Å². The Kier molecular flexibility index (Phi) is 6.55. The van der Waals surface area contributed by atoms with Crippen LogP contribution in [-0.2, 0) is 0 Å². The molecular formula is C23H24FN5O2S. The maximum Gasteiger partial charge on any atom is 0.239 e. The van der Waals surface area contributed by atoms with Crippen LogP contribution in [0.3, 0.4) is 0 Å². The van der Waals surface area contributed by atoms with Crippen LogP contribution in [-0.4, -0.2) is 31.5 Å². The molecule has 0 aliphatic heterocycles. The van der Waals surface area contributed by atoms with Crippen molar-refractivity contribution in [2.45, 2.75) is 44.0 Å². The lowest BCUT2D eigenvalue weighted by molar-refractivity contribution is 0.340. The van der Waals surface area contributed by atoms with E-state index in [2.05, 4.69) is 20.3 Å². The molecule has 0 amide bonds. The van der Waals surface area contributed by atoms with Gasteiger partial charge in [-0.25, -0.2) is 4.39 Å². The fourth-order valence-electron chi connectivity index (χ4n) is 3.11. The van der Waals surface area contributed by atoms with Gasteiger partial charge in [-0.1, -0.05) is 42.9 Å². The Hall–Kier alpha value is -3.20. The van der Waals surface area contributed by atoms with Crippen molar-refractivity contribution in [2.75, 3.05) is 6.61 Å². The number of para-hydroxylation sites is 1. The molecule has 0 radical (unpaired) electrons. The first-order chi connectivity index (χ1) is 15.5. The Morgan fingerprint density at radius 2 is 1.81 bits per heavy atom. The van der Waals surface area contributed by atoms with E-state index in [0.29, 0.717) is 35.0 Å². The van der Waals surface area contributed by atoms with Crippen molar-refractivity contribution < 1.29 is 13.7 Å². The van der Waals surface area contributed by atoms with Gasteiger partial charge >= 0.3 is 0 Å². The van der Waals surface area contributed by atoms with E-state index in [-0.39, 0.29) is 17.0 Å². The average Bonchev–Trinajstić information content (AvgIpc) is 3.43. The van der Waals surface area contributed by atoms with E-state index in [4.69, 9.17) is 9.26 Å². The number of rotatable bonds is 8. The highest BCUT2D eigenvalue weighted by Gasteiger charge is 2.24. The predicted molar refractivity (Wildman–Crippen MR) is 121 cm³/mol. The van der Waals surface area contributed by atoms with E-state index >= 15 is 0 Å². The van der Waals surface area contributed by atoms with Crippen LogP contribution in [0.1, 0.15) is 50.6 Å². The molecule has 0 aliphatic carbocycles. The molecule has 0 aliphatic rings. The number of hydrogen-bond acceptors (Lipinski definition) is 7.